The second-order valence-corrected chi connectivity index (χ2v) is 7.31. The number of aromatic nitrogens is 1. The number of piperidine rings is 1. The minimum Gasteiger partial charge on any atom is -0.441 e. The van der Waals surface area contributed by atoms with Crippen LogP contribution in [0.4, 0.5) is 0 Å². The summed E-state index contributed by atoms with van der Waals surface area (Å²) < 4.78 is 5.74. The molecular weight excluding hydrogens is 342 g/mol. The van der Waals surface area contributed by atoms with Gasteiger partial charge in [0.15, 0.2) is 11.7 Å². The first-order valence-electron chi connectivity index (χ1n) is 9.61. The van der Waals surface area contributed by atoms with Crippen LogP contribution in [0.25, 0.3) is 11.3 Å². The second-order valence-electron chi connectivity index (χ2n) is 7.31. The molecule has 144 valence electrons. The van der Waals surface area contributed by atoms with Crippen LogP contribution in [0.15, 0.2) is 40.9 Å². The van der Waals surface area contributed by atoms with Crippen LogP contribution in [0.3, 0.4) is 0 Å². The molecule has 1 aromatic carbocycles. The molecule has 3 rings (SSSR count). The minimum absolute atomic E-state index is 0.00287. The van der Waals surface area contributed by atoms with Gasteiger partial charge in [-0.05, 0) is 12.8 Å². The fraction of sp³-hybridized carbons (Fsp3) is 0.476. The first-order valence-corrected chi connectivity index (χ1v) is 9.61. The molecule has 2 amide bonds. The Balaban J connectivity index is 1.42. The molecule has 1 aliphatic rings. The van der Waals surface area contributed by atoms with Crippen LogP contribution < -0.4 is 5.32 Å². The van der Waals surface area contributed by atoms with Gasteiger partial charge in [-0.15, -0.1) is 0 Å². The van der Waals surface area contributed by atoms with E-state index in [4.69, 9.17) is 4.42 Å². The zero-order valence-electron chi connectivity index (χ0n) is 16.0. The number of benzene rings is 1. The van der Waals surface area contributed by atoms with Crippen LogP contribution in [-0.4, -0.2) is 40.8 Å². The molecule has 0 atom stereocenters. The van der Waals surface area contributed by atoms with Gasteiger partial charge in [-0.2, -0.15) is 0 Å². The second kappa shape index (κ2) is 8.84. The Morgan fingerprint density at radius 3 is 2.59 bits per heavy atom. The van der Waals surface area contributed by atoms with Crippen molar-refractivity contribution in [3.8, 4) is 11.3 Å². The molecule has 0 unspecified atom stereocenters. The number of nitrogens with one attached hydrogen (secondary N) is 1. The maximum absolute atomic E-state index is 12.2. The zero-order chi connectivity index (χ0) is 19.2. The Labute approximate surface area is 160 Å². The largest absolute Gasteiger partial charge is 0.441 e. The number of amides is 2. The quantitative estimate of drug-likeness (QED) is 0.849. The highest BCUT2D eigenvalue weighted by atomic mass is 16.4. The van der Waals surface area contributed by atoms with Gasteiger partial charge in [0.05, 0.1) is 6.20 Å². The number of aryl methyl sites for hydroxylation is 1. The van der Waals surface area contributed by atoms with Crippen LogP contribution in [0.5, 0.6) is 0 Å². The molecule has 2 aromatic rings. The summed E-state index contributed by atoms with van der Waals surface area (Å²) in [5, 5.41) is 3.07. The number of likely N-dealkylation sites (tertiary alicyclic amines) is 1. The van der Waals surface area contributed by atoms with E-state index in [1.165, 1.54) is 0 Å². The molecule has 1 aliphatic heterocycles. The summed E-state index contributed by atoms with van der Waals surface area (Å²) in [5.74, 6) is 1.51. The van der Waals surface area contributed by atoms with Crippen molar-refractivity contribution < 1.29 is 14.0 Å². The molecular formula is C21H27N3O3. The lowest BCUT2D eigenvalue weighted by Gasteiger charge is -2.33. The van der Waals surface area contributed by atoms with E-state index in [0.29, 0.717) is 37.6 Å². The number of oxazole rings is 1. The van der Waals surface area contributed by atoms with E-state index >= 15 is 0 Å². The zero-order valence-corrected chi connectivity index (χ0v) is 16.0. The van der Waals surface area contributed by atoms with E-state index in [0.717, 1.165) is 18.4 Å². The molecule has 0 aliphatic carbocycles. The van der Waals surface area contributed by atoms with E-state index < -0.39 is 0 Å². The lowest BCUT2D eigenvalue weighted by atomic mass is 10.0. The lowest BCUT2D eigenvalue weighted by molar-refractivity contribution is -0.135. The van der Waals surface area contributed by atoms with Crippen molar-refractivity contribution in [2.75, 3.05) is 13.1 Å². The van der Waals surface area contributed by atoms with E-state index in [1.54, 1.807) is 6.20 Å². The van der Waals surface area contributed by atoms with E-state index in [-0.39, 0.29) is 23.8 Å². The SMILES string of the molecule is CC(C)C(=O)N1CCC(NC(=O)CCc2ncc(-c3ccccc3)o2)CC1. The molecule has 1 fully saturated rings. The Bertz CT molecular complexity index is 762. The molecule has 27 heavy (non-hydrogen) atoms. The number of hydrogen-bond donors (Lipinski definition) is 1. The molecule has 2 heterocycles. The smallest absolute Gasteiger partial charge is 0.225 e. The summed E-state index contributed by atoms with van der Waals surface area (Å²) >= 11 is 0. The predicted molar refractivity (Wildman–Crippen MR) is 103 cm³/mol. The molecule has 1 N–H and O–H groups in total. The number of nitrogens with zero attached hydrogens (tertiary/aromatic N) is 2. The van der Waals surface area contributed by atoms with Crippen molar-refractivity contribution in [1.29, 1.82) is 0 Å². The fourth-order valence-electron chi connectivity index (χ4n) is 3.29. The number of hydrogen-bond acceptors (Lipinski definition) is 4. The predicted octanol–water partition coefficient (Wildman–Crippen LogP) is 3.04. The third-order valence-electron chi connectivity index (χ3n) is 4.84. The summed E-state index contributed by atoms with van der Waals surface area (Å²) in [6, 6.07) is 9.92. The number of carbonyl (C=O) groups excluding carboxylic acids is 2. The molecule has 6 heteroatoms. The maximum Gasteiger partial charge on any atom is 0.225 e. The third-order valence-corrected chi connectivity index (χ3v) is 4.84. The van der Waals surface area contributed by atoms with Crippen molar-refractivity contribution in [2.24, 2.45) is 5.92 Å². The molecule has 0 bridgehead atoms. The number of rotatable bonds is 6. The van der Waals surface area contributed by atoms with Crippen molar-refractivity contribution >= 4 is 11.8 Å². The van der Waals surface area contributed by atoms with E-state index in [9.17, 15) is 9.59 Å². The summed E-state index contributed by atoms with van der Waals surface area (Å²) in [6.07, 6.45) is 4.13. The van der Waals surface area contributed by atoms with Gasteiger partial charge in [-0.3, -0.25) is 9.59 Å². The summed E-state index contributed by atoms with van der Waals surface area (Å²) in [7, 11) is 0. The summed E-state index contributed by atoms with van der Waals surface area (Å²) in [4.78, 5) is 30.4. The lowest BCUT2D eigenvalue weighted by Crippen LogP contribution is -2.47. The highest BCUT2D eigenvalue weighted by molar-refractivity contribution is 5.78. The standard InChI is InChI=1S/C21H27N3O3/c1-15(2)21(26)24-12-10-17(11-13-24)23-19(25)8-9-20-22-14-18(27-20)16-6-4-3-5-7-16/h3-7,14-15,17H,8-13H2,1-2H3,(H,23,25). The van der Waals surface area contributed by atoms with Crippen molar-refractivity contribution in [2.45, 2.75) is 45.6 Å². The highest BCUT2D eigenvalue weighted by Gasteiger charge is 2.25. The van der Waals surface area contributed by atoms with Crippen molar-refractivity contribution in [3.63, 3.8) is 0 Å². The van der Waals surface area contributed by atoms with Gasteiger partial charge in [0.2, 0.25) is 11.8 Å². The Morgan fingerprint density at radius 2 is 1.93 bits per heavy atom. The van der Waals surface area contributed by atoms with Gasteiger partial charge in [0, 0.05) is 43.5 Å². The van der Waals surface area contributed by atoms with Gasteiger partial charge in [-0.25, -0.2) is 4.98 Å². The molecule has 6 nitrogen and oxygen atoms in total. The van der Waals surface area contributed by atoms with Gasteiger partial charge in [0.1, 0.15) is 0 Å². The first kappa shape index (κ1) is 19.1. The van der Waals surface area contributed by atoms with E-state index in [2.05, 4.69) is 10.3 Å². The number of carbonyl (C=O) groups is 2. The van der Waals surface area contributed by atoms with Gasteiger partial charge >= 0.3 is 0 Å². The van der Waals surface area contributed by atoms with Crippen LogP contribution in [-0.2, 0) is 16.0 Å². The van der Waals surface area contributed by atoms with E-state index in [1.807, 2.05) is 49.1 Å². The van der Waals surface area contributed by atoms with Crippen LogP contribution in [0.1, 0.15) is 39.0 Å². The van der Waals surface area contributed by atoms with Gasteiger partial charge < -0.3 is 14.6 Å². The summed E-state index contributed by atoms with van der Waals surface area (Å²) in [6.45, 7) is 5.26. The van der Waals surface area contributed by atoms with Crippen LogP contribution >= 0.6 is 0 Å². The third kappa shape index (κ3) is 5.18. The molecule has 0 spiro atoms. The Hall–Kier alpha value is -2.63. The first-order chi connectivity index (χ1) is 13.0. The van der Waals surface area contributed by atoms with Crippen molar-refractivity contribution in [3.05, 3.63) is 42.4 Å². The molecule has 0 saturated carbocycles. The Kier molecular flexibility index (Phi) is 6.27. The Morgan fingerprint density at radius 1 is 1.22 bits per heavy atom. The molecule has 1 saturated heterocycles. The maximum atomic E-state index is 12.2. The minimum atomic E-state index is 0.00287. The fourth-order valence-corrected chi connectivity index (χ4v) is 3.29. The average Bonchev–Trinajstić information content (AvgIpc) is 3.16. The topological polar surface area (TPSA) is 75.4 Å². The van der Waals surface area contributed by atoms with Gasteiger partial charge in [-0.1, -0.05) is 44.2 Å². The molecule has 1 aromatic heterocycles. The van der Waals surface area contributed by atoms with Crippen LogP contribution in [0.2, 0.25) is 0 Å². The van der Waals surface area contributed by atoms with Crippen molar-refractivity contribution in [1.82, 2.24) is 15.2 Å². The highest BCUT2D eigenvalue weighted by Crippen LogP contribution is 2.20. The monoisotopic (exact) mass is 369 g/mol. The average molecular weight is 369 g/mol. The van der Waals surface area contributed by atoms with Gasteiger partial charge in [0.25, 0.3) is 0 Å². The normalized spacial score (nSPS) is 15.1. The van der Waals surface area contributed by atoms with Crippen LogP contribution in [0, 0.1) is 5.92 Å². The molecule has 0 radical (unpaired) electrons. The summed E-state index contributed by atoms with van der Waals surface area (Å²) in [5.41, 5.74) is 0.975.